The smallest absolute Gasteiger partial charge is 0.237 e. The monoisotopic (exact) mass is 467 g/mol. The van der Waals surface area contributed by atoms with Gasteiger partial charge in [-0.3, -0.25) is 14.4 Å². The third-order valence-electron chi connectivity index (χ3n) is 6.20. The van der Waals surface area contributed by atoms with Gasteiger partial charge in [0.25, 0.3) is 0 Å². The van der Waals surface area contributed by atoms with Gasteiger partial charge in [-0.1, -0.05) is 48.5 Å². The summed E-state index contributed by atoms with van der Waals surface area (Å²) in [7, 11) is 1.88. The highest BCUT2D eigenvalue weighted by Gasteiger charge is 2.23. The molecular formula is C24H33N7OS. The quantitative estimate of drug-likeness (QED) is 0.508. The van der Waals surface area contributed by atoms with Crippen LogP contribution < -0.4 is 5.32 Å². The molecule has 0 aliphatic carbocycles. The molecule has 1 unspecified atom stereocenters. The molecule has 3 heterocycles. The number of aryl methyl sites for hydroxylation is 2. The second-order valence-electron chi connectivity index (χ2n) is 8.73. The zero-order chi connectivity index (χ0) is 23.4. The second-order valence-corrected chi connectivity index (χ2v) is 10.0. The van der Waals surface area contributed by atoms with Gasteiger partial charge in [0.15, 0.2) is 5.16 Å². The van der Waals surface area contributed by atoms with Gasteiger partial charge in [-0.05, 0) is 52.3 Å². The van der Waals surface area contributed by atoms with Crippen molar-refractivity contribution in [2.45, 2.75) is 63.5 Å². The normalized spacial score (nSPS) is 15.5. The van der Waals surface area contributed by atoms with Gasteiger partial charge in [0.2, 0.25) is 5.91 Å². The number of amides is 1. The maximum Gasteiger partial charge on any atom is 0.237 e. The van der Waals surface area contributed by atoms with E-state index in [4.69, 9.17) is 0 Å². The van der Waals surface area contributed by atoms with Gasteiger partial charge in [0.1, 0.15) is 5.82 Å². The van der Waals surface area contributed by atoms with Crippen molar-refractivity contribution >= 4 is 23.4 Å². The largest absolute Gasteiger partial charge is 0.322 e. The average molecular weight is 468 g/mol. The van der Waals surface area contributed by atoms with E-state index in [9.17, 15) is 4.79 Å². The van der Waals surface area contributed by atoms with Gasteiger partial charge in [-0.25, -0.2) is 0 Å². The van der Waals surface area contributed by atoms with Crippen molar-refractivity contribution in [3.63, 3.8) is 0 Å². The standard InChI is InChI=1S/C24H33N7OS/c1-17-22(18(2)29(4)28-17)25-23(32)19(3)33-24-27-26-21(16-30-13-9-6-10-14-30)31(24)15-20-11-7-5-8-12-20/h5,7-8,11-12,19H,6,9-10,13-16H2,1-4H3,(H,25,32). The first kappa shape index (κ1) is 23.5. The Bertz CT molecular complexity index is 1090. The van der Waals surface area contributed by atoms with Crippen LogP contribution in [0.25, 0.3) is 0 Å². The zero-order valence-corrected chi connectivity index (χ0v) is 20.7. The van der Waals surface area contributed by atoms with Crippen LogP contribution in [-0.2, 0) is 24.9 Å². The molecule has 0 spiro atoms. The van der Waals surface area contributed by atoms with Crippen LogP contribution >= 0.6 is 11.8 Å². The second kappa shape index (κ2) is 10.5. The number of rotatable bonds is 8. The van der Waals surface area contributed by atoms with Gasteiger partial charge in [0, 0.05) is 7.05 Å². The van der Waals surface area contributed by atoms with Crippen molar-refractivity contribution in [1.29, 1.82) is 0 Å². The lowest BCUT2D eigenvalue weighted by atomic mass is 10.1. The van der Waals surface area contributed by atoms with Crippen molar-refractivity contribution in [2.75, 3.05) is 18.4 Å². The Labute approximate surface area is 199 Å². The Kier molecular flexibility index (Phi) is 7.49. The van der Waals surface area contributed by atoms with Crippen molar-refractivity contribution in [2.24, 2.45) is 7.05 Å². The van der Waals surface area contributed by atoms with Gasteiger partial charge >= 0.3 is 0 Å². The first-order valence-electron chi connectivity index (χ1n) is 11.6. The summed E-state index contributed by atoms with van der Waals surface area (Å²) >= 11 is 1.45. The van der Waals surface area contributed by atoms with Crippen LogP contribution in [0, 0.1) is 13.8 Å². The summed E-state index contributed by atoms with van der Waals surface area (Å²) in [6, 6.07) is 10.3. The number of piperidine rings is 1. The highest BCUT2D eigenvalue weighted by atomic mass is 32.2. The fraction of sp³-hybridized carbons (Fsp3) is 0.500. The van der Waals surface area contributed by atoms with E-state index in [0.717, 1.165) is 47.7 Å². The van der Waals surface area contributed by atoms with E-state index in [1.165, 1.54) is 36.6 Å². The van der Waals surface area contributed by atoms with E-state index in [0.29, 0.717) is 6.54 Å². The minimum absolute atomic E-state index is 0.0639. The number of hydrogen-bond acceptors (Lipinski definition) is 6. The molecule has 1 fully saturated rings. The third-order valence-corrected chi connectivity index (χ3v) is 7.28. The summed E-state index contributed by atoms with van der Waals surface area (Å²) in [5, 5.41) is 16.9. The molecule has 33 heavy (non-hydrogen) atoms. The SMILES string of the molecule is Cc1nn(C)c(C)c1NC(=O)C(C)Sc1nnc(CN2CCCCC2)n1Cc1ccccc1. The minimum atomic E-state index is -0.328. The van der Waals surface area contributed by atoms with E-state index in [-0.39, 0.29) is 11.2 Å². The van der Waals surface area contributed by atoms with Crippen molar-refractivity contribution < 1.29 is 4.79 Å². The summed E-state index contributed by atoms with van der Waals surface area (Å²) in [6.45, 7) is 9.45. The number of carbonyl (C=O) groups excluding carboxylic acids is 1. The number of anilines is 1. The van der Waals surface area contributed by atoms with Gasteiger partial charge in [-0.15, -0.1) is 10.2 Å². The summed E-state index contributed by atoms with van der Waals surface area (Å²) in [5.41, 5.74) is 3.73. The van der Waals surface area contributed by atoms with Crippen LogP contribution in [0.5, 0.6) is 0 Å². The lowest BCUT2D eigenvalue weighted by molar-refractivity contribution is -0.115. The molecule has 1 atom stereocenters. The lowest BCUT2D eigenvalue weighted by Crippen LogP contribution is -2.30. The van der Waals surface area contributed by atoms with Crippen LogP contribution in [0.4, 0.5) is 5.69 Å². The molecule has 0 bridgehead atoms. The molecular weight excluding hydrogens is 434 g/mol. The molecule has 1 N–H and O–H groups in total. The minimum Gasteiger partial charge on any atom is -0.322 e. The summed E-state index contributed by atoms with van der Waals surface area (Å²) < 4.78 is 3.95. The number of thioether (sulfide) groups is 1. The summed E-state index contributed by atoms with van der Waals surface area (Å²) in [4.78, 5) is 15.4. The molecule has 0 saturated carbocycles. The molecule has 1 saturated heterocycles. The van der Waals surface area contributed by atoms with Crippen LogP contribution in [-0.4, -0.2) is 53.7 Å². The third kappa shape index (κ3) is 5.65. The first-order valence-corrected chi connectivity index (χ1v) is 12.5. The van der Waals surface area contributed by atoms with E-state index in [2.05, 4.69) is 42.2 Å². The maximum absolute atomic E-state index is 13.0. The van der Waals surface area contributed by atoms with Crippen molar-refractivity contribution in [3.8, 4) is 0 Å². The highest BCUT2D eigenvalue weighted by molar-refractivity contribution is 8.00. The van der Waals surface area contributed by atoms with Crippen LogP contribution in [0.2, 0.25) is 0 Å². The molecule has 1 aliphatic heterocycles. The number of nitrogens with one attached hydrogen (secondary N) is 1. The van der Waals surface area contributed by atoms with E-state index < -0.39 is 0 Å². The Morgan fingerprint density at radius 2 is 1.82 bits per heavy atom. The van der Waals surface area contributed by atoms with Crippen LogP contribution in [0.15, 0.2) is 35.5 Å². The van der Waals surface area contributed by atoms with E-state index in [1.54, 1.807) is 4.68 Å². The predicted octanol–water partition coefficient (Wildman–Crippen LogP) is 3.78. The molecule has 3 aromatic rings. The van der Waals surface area contributed by atoms with Crippen LogP contribution in [0.1, 0.15) is 49.0 Å². The Morgan fingerprint density at radius 1 is 1.09 bits per heavy atom. The molecule has 1 amide bonds. The molecule has 8 nitrogen and oxygen atoms in total. The summed E-state index contributed by atoms with van der Waals surface area (Å²) in [6.07, 6.45) is 3.77. The number of benzene rings is 1. The predicted molar refractivity (Wildman–Crippen MR) is 131 cm³/mol. The van der Waals surface area contributed by atoms with Crippen molar-refractivity contribution in [1.82, 2.24) is 29.4 Å². The fourth-order valence-corrected chi connectivity index (χ4v) is 5.02. The Morgan fingerprint density at radius 3 is 2.48 bits per heavy atom. The topological polar surface area (TPSA) is 80.9 Å². The Hall–Kier alpha value is -2.65. The number of carbonyl (C=O) groups is 1. The van der Waals surface area contributed by atoms with E-state index >= 15 is 0 Å². The fourth-order valence-electron chi connectivity index (χ4n) is 4.16. The van der Waals surface area contributed by atoms with Crippen molar-refractivity contribution in [3.05, 3.63) is 53.1 Å². The first-order chi connectivity index (χ1) is 15.9. The Balaban J connectivity index is 1.52. The summed E-state index contributed by atoms with van der Waals surface area (Å²) in [5.74, 6) is 0.890. The lowest BCUT2D eigenvalue weighted by Gasteiger charge is -2.26. The molecule has 1 aromatic carbocycles. The highest BCUT2D eigenvalue weighted by Crippen LogP contribution is 2.26. The molecule has 2 aromatic heterocycles. The van der Waals surface area contributed by atoms with Gasteiger partial charge in [0.05, 0.1) is 35.4 Å². The molecule has 0 radical (unpaired) electrons. The number of hydrogen-bond donors (Lipinski definition) is 1. The number of nitrogens with zero attached hydrogens (tertiary/aromatic N) is 6. The van der Waals surface area contributed by atoms with Crippen LogP contribution in [0.3, 0.4) is 0 Å². The maximum atomic E-state index is 13.0. The molecule has 176 valence electrons. The molecule has 4 rings (SSSR count). The molecule has 1 aliphatic rings. The number of likely N-dealkylation sites (tertiary alicyclic amines) is 1. The molecule has 9 heteroatoms. The number of aromatic nitrogens is 5. The van der Waals surface area contributed by atoms with Gasteiger partial charge < -0.3 is 9.88 Å². The zero-order valence-electron chi connectivity index (χ0n) is 19.9. The average Bonchev–Trinajstić information content (AvgIpc) is 3.29. The van der Waals surface area contributed by atoms with Gasteiger partial charge in [-0.2, -0.15) is 5.10 Å². The van der Waals surface area contributed by atoms with E-state index in [1.807, 2.05) is 46.0 Å².